The summed E-state index contributed by atoms with van der Waals surface area (Å²) in [4.78, 5) is 41.4. The van der Waals surface area contributed by atoms with E-state index in [0.717, 1.165) is 0 Å². The van der Waals surface area contributed by atoms with Crippen LogP contribution in [-0.2, 0) is 6.54 Å². The van der Waals surface area contributed by atoms with E-state index in [1.165, 1.54) is 18.2 Å². The number of rotatable bonds is 7. The third-order valence-corrected chi connectivity index (χ3v) is 5.26. The van der Waals surface area contributed by atoms with Crippen LogP contribution in [0.3, 0.4) is 0 Å². The Morgan fingerprint density at radius 3 is 2.68 bits per heavy atom. The number of anilines is 1. The van der Waals surface area contributed by atoms with Gasteiger partial charge in [-0.2, -0.15) is 0 Å². The molecule has 11 heteroatoms. The van der Waals surface area contributed by atoms with Gasteiger partial charge < -0.3 is 14.3 Å². The molecule has 0 aliphatic rings. The fraction of sp³-hybridized carbons (Fsp3) is 0.261. The number of fused-ring (bicyclic) bond motifs is 1. The van der Waals surface area contributed by atoms with E-state index in [-0.39, 0.29) is 17.1 Å². The first-order valence-corrected chi connectivity index (χ1v) is 10.5. The second kappa shape index (κ2) is 9.38. The van der Waals surface area contributed by atoms with Crippen molar-refractivity contribution in [1.29, 1.82) is 0 Å². The Morgan fingerprint density at radius 2 is 2.03 bits per heavy atom. The van der Waals surface area contributed by atoms with E-state index < -0.39 is 17.8 Å². The number of ether oxygens (including phenoxy) is 1. The zero-order chi connectivity index (χ0) is 24.4. The molecule has 0 saturated carbocycles. The monoisotopic (exact) mass is 468 g/mol. The zero-order valence-electron chi connectivity index (χ0n) is 18.7. The maximum absolute atomic E-state index is 13.1. The SMILES string of the molecule is CCCn1c(-c2ccc(N(C)C(=O)c3cccc(OC)c3)nc2)nc2nc(C(F)F)[nH]c(=O)c21. The van der Waals surface area contributed by atoms with E-state index in [0.29, 0.717) is 41.5 Å². The molecule has 0 atom stereocenters. The number of aromatic nitrogens is 5. The second-order valence-corrected chi connectivity index (χ2v) is 7.51. The molecule has 1 amide bonds. The summed E-state index contributed by atoms with van der Waals surface area (Å²) in [6, 6.07) is 10.1. The molecule has 3 heterocycles. The standard InChI is InChI=1S/C23H22F2N6O3/c1-4-10-31-17-19(27-20(18(24)25)29-22(17)32)28-21(31)14-8-9-16(26-12-14)30(2)23(33)13-6-5-7-15(11-13)34-3/h5-9,11-12,18H,4,10H2,1-3H3,(H,27,29,32). The number of halogens is 2. The summed E-state index contributed by atoms with van der Waals surface area (Å²) in [5.41, 5.74) is 0.376. The van der Waals surface area contributed by atoms with Gasteiger partial charge in [0, 0.05) is 30.9 Å². The predicted octanol–water partition coefficient (Wildman–Crippen LogP) is 3.81. The first-order chi connectivity index (χ1) is 16.3. The molecule has 4 rings (SSSR count). The Labute approximate surface area is 193 Å². The number of aryl methyl sites for hydroxylation is 1. The number of methoxy groups -OCH3 is 1. The highest BCUT2D eigenvalue weighted by Gasteiger charge is 2.21. The third kappa shape index (κ3) is 4.24. The Kier molecular flexibility index (Phi) is 6.35. The van der Waals surface area contributed by atoms with Crippen molar-refractivity contribution in [2.24, 2.45) is 0 Å². The number of H-pyrrole nitrogens is 1. The molecule has 4 aromatic rings. The smallest absolute Gasteiger partial charge is 0.295 e. The largest absolute Gasteiger partial charge is 0.497 e. The minimum absolute atomic E-state index is 0.0584. The lowest BCUT2D eigenvalue weighted by Gasteiger charge is -2.17. The first kappa shape index (κ1) is 23.0. The van der Waals surface area contributed by atoms with Crippen LogP contribution in [0.25, 0.3) is 22.6 Å². The van der Waals surface area contributed by atoms with Crippen molar-refractivity contribution in [3.63, 3.8) is 0 Å². The lowest BCUT2D eigenvalue weighted by molar-refractivity contribution is 0.0992. The summed E-state index contributed by atoms with van der Waals surface area (Å²) in [5, 5.41) is 0. The average molecular weight is 468 g/mol. The summed E-state index contributed by atoms with van der Waals surface area (Å²) in [6.07, 6.45) is -0.728. The maximum Gasteiger partial charge on any atom is 0.295 e. The summed E-state index contributed by atoms with van der Waals surface area (Å²) in [7, 11) is 3.13. The number of hydrogen-bond acceptors (Lipinski definition) is 6. The molecule has 34 heavy (non-hydrogen) atoms. The quantitative estimate of drug-likeness (QED) is 0.442. The fourth-order valence-corrected chi connectivity index (χ4v) is 3.60. The van der Waals surface area contributed by atoms with Crippen LogP contribution >= 0.6 is 0 Å². The van der Waals surface area contributed by atoms with Crippen LogP contribution in [0.4, 0.5) is 14.6 Å². The molecule has 1 N–H and O–H groups in total. The Morgan fingerprint density at radius 1 is 1.24 bits per heavy atom. The molecule has 3 aromatic heterocycles. The second-order valence-electron chi connectivity index (χ2n) is 7.51. The Bertz CT molecular complexity index is 1400. The van der Waals surface area contributed by atoms with Crippen molar-refractivity contribution >= 4 is 22.9 Å². The van der Waals surface area contributed by atoms with Gasteiger partial charge in [-0.25, -0.2) is 23.7 Å². The molecule has 176 valence electrons. The van der Waals surface area contributed by atoms with E-state index in [4.69, 9.17) is 4.74 Å². The molecule has 0 aliphatic heterocycles. The molecule has 0 bridgehead atoms. The number of hydrogen-bond donors (Lipinski definition) is 1. The van der Waals surface area contributed by atoms with Crippen LogP contribution in [0.15, 0.2) is 47.4 Å². The molecular formula is C23H22F2N6O3. The van der Waals surface area contributed by atoms with Crippen LogP contribution in [-0.4, -0.2) is 44.6 Å². The fourth-order valence-electron chi connectivity index (χ4n) is 3.60. The number of alkyl halides is 2. The van der Waals surface area contributed by atoms with Gasteiger partial charge in [0.05, 0.1) is 7.11 Å². The number of nitrogens with one attached hydrogen (secondary N) is 1. The topological polar surface area (TPSA) is 106 Å². The van der Waals surface area contributed by atoms with Gasteiger partial charge in [-0.3, -0.25) is 14.5 Å². The zero-order valence-corrected chi connectivity index (χ0v) is 18.7. The summed E-state index contributed by atoms with van der Waals surface area (Å²) in [6.45, 7) is 2.35. The van der Waals surface area contributed by atoms with Crippen molar-refractivity contribution in [2.45, 2.75) is 26.3 Å². The van der Waals surface area contributed by atoms with Crippen LogP contribution < -0.4 is 15.2 Å². The van der Waals surface area contributed by atoms with Gasteiger partial charge in [0.15, 0.2) is 17.0 Å². The highest BCUT2D eigenvalue weighted by Crippen LogP contribution is 2.25. The molecule has 0 spiro atoms. The first-order valence-electron chi connectivity index (χ1n) is 10.5. The highest BCUT2D eigenvalue weighted by molar-refractivity contribution is 6.05. The molecule has 0 radical (unpaired) electrons. The number of nitrogens with zero attached hydrogens (tertiary/aromatic N) is 5. The van der Waals surface area contributed by atoms with Gasteiger partial charge in [0.2, 0.25) is 0 Å². The van der Waals surface area contributed by atoms with Gasteiger partial charge in [-0.05, 0) is 36.8 Å². The number of pyridine rings is 1. The minimum Gasteiger partial charge on any atom is -0.497 e. The van der Waals surface area contributed by atoms with E-state index in [9.17, 15) is 18.4 Å². The average Bonchev–Trinajstić information content (AvgIpc) is 3.22. The lowest BCUT2D eigenvalue weighted by atomic mass is 10.2. The lowest BCUT2D eigenvalue weighted by Crippen LogP contribution is -2.27. The van der Waals surface area contributed by atoms with Crippen LogP contribution in [0, 0.1) is 0 Å². The number of amides is 1. The van der Waals surface area contributed by atoms with Crippen molar-refractivity contribution in [2.75, 3.05) is 19.1 Å². The summed E-state index contributed by atoms with van der Waals surface area (Å²) < 4.78 is 33.0. The third-order valence-electron chi connectivity index (χ3n) is 5.26. The van der Waals surface area contributed by atoms with Crippen LogP contribution in [0.5, 0.6) is 5.75 Å². The van der Waals surface area contributed by atoms with Gasteiger partial charge in [0.25, 0.3) is 17.9 Å². The number of carbonyl (C=O) groups is 1. The number of carbonyl (C=O) groups excluding carboxylic acids is 1. The van der Waals surface area contributed by atoms with Gasteiger partial charge in [0.1, 0.15) is 17.4 Å². The summed E-state index contributed by atoms with van der Waals surface area (Å²) in [5.74, 6) is 0.340. The number of aromatic amines is 1. The molecule has 9 nitrogen and oxygen atoms in total. The van der Waals surface area contributed by atoms with E-state index in [1.807, 2.05) is 6.92 Å². The molecule has 1 aromatic carbocycles. The maximum atomic E-state index is 13.1. The van der Waals surface area contributed by atoms with Gasteiger partial charge in [-0.15, -0.1) is 0 Å². The number of imidazole rings is 1. The normalized spacial score (nSPS) is 11.2. The number of benzene rings is 1. The molecule has 0 unspecified atom stereocenters. The van der Waals surface area contributed by atoms with E-state index >= 15 is 0 Å². The van der Waals surface area contributed by atoms with Crippen molar-refractivity contribution < 1.29 is 18.3 Å². The van der Waals surface area contributed by atoms with Crippen molar-refractivity contribution in [3.8, 4) is 17.1 Å². The van der Waals surface area contributed by atoms with Crippen LogP contribution in [0.2, 0.25) is 0 Å². The molecule has 0 fully saturated rings. The van der Waals surface area contributed by atoms with Crippen molar-refractivity contribution in [3.05, 3.63) is 64.3 Å². The van der Waals surface area contributed by atoms with Crippen LogP contribution in [0.1, 0.15) is 36.0 Å². The highest BCUT2D eigenvalue weighted by atomic mass is 19.3. The van der Waals surface area contributed by atoms with Crippen molar-refractivity contribution in [1.82, 2.24) is 24.5 Å². The predicted molar refractivity (Wildman–Crippen MR) is 122 cm³/mol. The van der Waals surface area contributed by atoms with Gasteiger partial charge in [-0.1, -0.05) is 13.0 Å². The molecule has 0 aliphatic carbocycles. The Hall–Kier alpha value is -4.15. The minimum atomic E-state index is -2.92. The Balaban J connectivity index is 1.70. The van der Waals surface area contributed by atoms with E-state index in [1.54, 1.807) is 48.0 Å². The van der Waals surface area contributed by atoms with E-state index in [2.05, 4.69) is 19.9 Å². The molecule has 0 saturated heterocycles. The summed E-state index contributed by atoms with van der Waals surface area (Å²) >= 11 is 0. The van der Waals surface area contributed by atoms with Gasteiger partial charge >= 0.3 is 0 Å². The molecular weight excluding hydrogens is 446 g/mol.